The number of halogens is 1. The Morgan fingerprint density at radius 2 is 2.00 bits per heavy atom. The smallest absolute Gasteiger partial charge is 0.229 e. The number of nitrogens with zero attached hydrogens (tertiary/aromatic N) is 3. The molecule has 7 nitrogen and oxygen atoms in total. The number of nitrogens with two attached hydrogens (primary N) is 2. The fourth-order valence-electron chi connectivity index (χ4n) is 4.47. The van der Waals surface area contributed by atoms with Gasteiger partial charge in [0.25, 0.3) is 0 Å². The van der Waals surface area contributed by atoms with E-state index < -0.39 is 11.8 Å². The maximum absolute atomic E-state index is 13.6. The lowest BCUT2D eigenvalue weighted by Gasteiger charge is -2.33. The highest BCUT2D eigenvalue weighted by Gasteiger charge is 2.26. The number of carbonyl (C=O) groups is 1. The summed E-state index contributed by atoms with van der Waals surface area (Å²) in [5.74, 6) is 0.576. The zero-order valence-corrected chi connectivity index (χ0v) is 19.2. The highest BCUT2D eigenvalue weighted by atomic mass is 19.1. The van der Waals surface area contributed by atoms with Crippen LogP contribution in [0.3, 0.4) is 0 Å². The van der Waals surface area contributed by atoms with Gasteiger partial charge in [-0.1, -0.05) is 24.3 Å². The monoisotopic (exact) mass is 462 g/mol. The first-order chi connectivity index (χ1) is 16.5. The summed E-state index contributed by atoms with van der Waals surface area (Å²) in [5, 5.41) is 3.38. The zero-order valence-electron chi connectivity index (χ0n) is 19.2. The van der Waals surface area contributed by atoms with Crippen molar-refractivity contribution < 1.29 is 9.18 Å². The number of hydrogen-bond acceptors (Lipinski definition) is 6. The number of pyridine rings is 2. The molecule has 3 aromatic rings. The van der Waals surface area contributed by atoms with Gasteiger partial charge in [0.2, 0.25) is 5.91 Å². The molecule has 1 saturated heterocycles. The standard InChI is InChI=1S/C26H31FN6O/c27-21-5-1-3-18(15-21)8-12-31-26-22(24(25(29)34)20-4-2-11-30-17-20)6-7-23(32-26)33-13-9-19(16-28)10-14-33/h1-7,11,15,17,19,24H,8-10,12-14,16,28H2,(H2,29,34)(H,31,32). The minimum Gasteiger partial charge on any atom is -0.369 e. The number of carbonyl (C=O) groups excluding carboxylic acids is 1. The Morgan fingerprint density at radius 3 is 2.68 bits per heavy atom. The molecule has 0 aliphatic carbocycles. The summed E-state index contributed by atoms with van der Waals surface area (Å²) in [7, 11) is 0. The highest BCUT2D eigenvalue weighted by Crippen LogP contribution is 2.32. The fourth-order valence-corrected chi connectivity index (χ4v) is 4.47. The summed E-state index contributed by atoms with van der Waals surface area (Å²) >= 11 is 0. The van der Waals surface area contributed by atoms with Crippen molar-refractivity contribution in [2.75, 3.05) is 36.4 Å². The number of rotatable bonds is 9. The predicted molar refractivity (Wildman–Crippen MR) is 132 cm³/mol. The summed E-state index contributed by atoms with van der Waals surface area (Å²) in [4.78, 5) is 23.8. The molecule has 34 heavy (non-hydrogen) atoms. The Bertz CT molecular complexity index is 1100. The van der Waals surface area contributed by atoms with E-state index in [1.54, 1.807) is 24.5 Å². The Labute approximate surface area is 199 Å². The van der Waals surface area contributed by atoms with E-state index in [-0.39, 0.29) is 5.82 Å². The van der Waals surface area contributed by atoms with Gasteiger partial charge in [-0.3, -0.25) is 9.78 Å². The zero-order chi connectivity index (χ0) is 23.9. The molecular formula is C26H31FN6O. The molecule has 1 atom stereocenters. The van der Waals surface area contributed by atoms with Crippen molar-refractivity contribution in [3.05, 3.63) is 83.4 Å². The molecule has 0 saturated carbocycles. The van der Waals surface area contributed by atoms with E-state index in [1.807, 2.05) is 24.3 Å². The largest absolute Gasteiger partial charge is 0.369 e. The maximum atomic E-state index is 13.6. The lowest BCUT2D eigenvalue weighted by Crippen LogP contribution is -2.36. The molecule has 8 heteroatoms. The Morgan fingerprint density at radius 1 is 1.18 bits per heavy atom. The second kappa shape index (κ2) is 11.1. The van der Waals surface area contributed by atoms with E-state index in [1.165, 1.54) is 12.1 Å². The summed E-state index contributed by atoms with van der Waals surface area (Å²) in [5.41, 5.74) is 14.0. The third kappa shape index (κ3) is 5.69. The topological polar surface area (TPSA) is 110 Å². The SMILES string of the molecule is NCC1CCN(c2ccc(C(C(N)=O)c3cccnc3)c(NCCc3cccc(F)c3)n2)CC1. The van der Waals surface area contributed by atoms with Crippen LogP contribution in [0.15, 0.2) is 60.9 Å². The maximum Gasteiger partial charge on any atom is 0.229 e. The fraction of sp³-hybridized carbons (Fsp3) is 0.346. The molecule has 0 bridgehead atoms. The van der Waals surface area contributed by atoms with E-state index in [4.69, 9.17) is 16.5 Å². The van der Waals surface area contributed by atoms with Crippen LogP contribution >= 0.6 is 0 Å². The number of anilines is 2. The quantitative estimate of drug-likeness (QED) is 0.451. The number of hydrogen-bond donors (Lipinski definition) is 3. The molecule has 1 unspecified atom stereocenters. The molecule has 0 spiro atoms. The van der Waals surface area contributed by atoms with Gasteiger partial charge >= 0.3 is 0 Å². The molecule has 5 N–H and O–H groups in total. The second-order valence-corrected chi connectivity index (χ2v) is 8.70. The number of piperidine rings is 1. The van der Waals surface area contributed by atoms with Crippen molar-refractivity contribution in [1.29, 1.82) is 0 Å². The minimum absolute atomic E-state index is 0.260. The van der Waals surface area contributed by atoms with Crippen LogP contribution in [0.25, 0.3) is 0 Å². The van der Waals surface area contributed by atoms with Gasteiger partial charge in [-0.05, 0) is 67.1 Å². The first-order valence-electron chi connectivity index (χ1n) is 11.7. The normalized spacial score (nSPS) is 15.2. The average molecular weight is 463 g/mol. The lowest BCUT2D eigenvalue weighted by atomic mass is 9.91. The first kappa shape index (κ1) is 23.6. The van der Waals surface area contributed by atoms with Gasteiger partial charge in [0.05, 0.1) is 5.92 Å². The van der Waals surface area contributed by atoms with Gasteiger partial charge < -0.3 is 21.7 Å². The Kier molecular flexibility index (Phi) is 7.69. The van der Waals surface area contributed by atoms with Crippen molar-refractivity contribution in [1.82, 2.24) is 9.97 Å². The van der Waals surface area contributed by atoms with E-state index in [2.05, 4.69) is 15.2 Å². The molecule has 178 valence electrons. The van der Waals surface area contributed by atoms with Crippen LogP contribution < -0.4 is 21.7 Å². The van der Waals surface area contributed by atoms with E-state index >= 15 is 0 Å². The van der Waals surface area contributed by atoms with Gasteiger partial charge in [0, 0.05) is 37.6 Å². The van der Waals surface area contributed by atoms with Crippen molar-refractivity contribution in [2.45, 2.75) is 25.2 Å². The third-order valence-corrected chi connectivity index (χ3v) is 6.39. The van der Waals surface area contributed by atoms with E-state index in [0.717, 1.165) is 37.3 Å². The molecule has 1 aliphatic heterocycles. The minimum atomic E-state index is -0.685. The highest BCUT2D eigenvalue weighted by molar-refractivity contribution is 5.87. The average Bonchev–Trinajstić information content (AvgIpc) is 2.85. The molecule has 2 aromatic heterocycles. The van der Waals surface area contributed by atoms with Crippen LogP contribution in [0, 0.1) is 11.7 Å². The van der Waals surface area contributed by atoms with Crippen LogP contribution in [-0.2, 0) is 11.2 Å². The molecule has 3 heterocycles. The molecule has 1 aromatic carbocycles. The number of primary amides is 1. The number of benzene rings is 1. The summed E-state index contributed by atoms with van der Waals surface area (Å²) in [6.07, 6.45) is 5.98. The Hall–Kier alpha value is -3.52. The summed E-state index contributed by atoms with van der Waals surface area (Å²) in [6.45, 7) is 3.01. The molecular weight excluding hydrogens is 431 g/mol. The van der Waals surface area contributed by atoms with E-state index in [9.17, 15) is 9.18 Å². The summed E-state index contributed by atoms with van der Waals surface area (Å²) < 4.78 is 13.6. The van der Waals surface area contributed by atoms with Crippen molar-refractivity contribution in [3.63, 3.8) is 0 Å². The summed E-state index contributed by atoms with van der Waals surface area (Å²) in [6, 6.07) is 14.0. The van der Waals surface area contributed by atoms with Crippen molar-refractivity contribution in [2.24, 2.45) is 17.4 Å². The number of amides is 1. The van der Waals surface area contributed by atoms with Gasteiger partial charge in [0.1, 0.15) is 17.5 Å². The third-order valence-electron chi connectivity index (χ3n) is 6.39. The number of nitrogens with one attached hydrogen (secondary N) is 1. The van der Waals surface area contributed by atoms with Crippen LogP contribution in [0.1, 0.15) is 35.4 Å². The van der Waals surface area contributed by atoms with Crippen molar-refractivity contribution in [3.8, 4) is 0 Å². The number of aromatic nitrogens is 2. The Balaban J connectivity index is 1.62. The van der Waals surface area contributed by atoms with Crippen molar-refractivity contribution >= 4 is 17.5 Å². The van der Waals surface area contributed by atoms with Gasteiger partial charge in [-0.15, -0.1) is 0 Å². The second-order valence-electron chi connectivity index (χ2n) is 8.70. The molecule has 1 aliphatic rings. The predicted octanol–water partition coefficient (Wildman–Crippen LogP) is 3.06. The molecule has 0 radical (unpaired) electrons. The van der Waals surface area contributed by atoms with E-state index in [0.29, 0.717) is 42.4 Å². The molecule has 1 fully saturated rings. The van der Waals surface area contributed by atoms with Gasteiger partial charge in [-0.2, -0.15) is 0 Å². The van der Waals surface area contributed by atoms with Crippen LogP contribution in [-0.4, -0.2) is 42.1 Å². The molecule has 1 amide bonds. The van der Waals surface area contributed by atoms with Gasteiger partial charge in [-0.25, -0.2) is 9.37 Å². The van der Waals surface area contributed by atoms with Crippen LogP contribution in [0.4, 0.5) is 16.0 Å². The van der Waals surface area contributed by atoms with Gasteiger partial charge in [0.15, 0.2) is 0 Å². The van der Waals surface area contributed by atoms with Crippen LogP contribution in [0.5, 0.6) is 0 Å². The van der Waals surface area contributed by atoms with Crippen LogP contribution in [0.2, 0.25) is 0 Å². The molecule has 4 rings (SSSR count). The lowest BCUT2D eigenvalue weighted by molar-refractivity contribution is -0.118. The first-order valence-corrected chi connectivity index (χ1v) is 11.7.